The van der Waals surface area contributed by atoms with E-state index in [9.17, 15) is 9.59 Å². The molecule has 0 aliphatic carbocycles. The van der Waals surface area contributed by atoms with Crippen molar-refractivity contribution in [2.75, 3.05) is 33.0 Å². The molecule has 1 heterocycles. The van der Waals surface area contributed by atoms with Crippen molar-refractivity contribution in [3.05, 3.63) is 52.2 Å². The van der Waals surface area contributed by atoms with Crippen molar-refractivity contribution >= 4 is 23.2 Å². The highest BCUT2D eigenvalue weighted by Crippen LogP contribution is 2.23. The molecule has 1 N–H and O–H groups in total. The third kappa shape index (κ3) is 6.98. The van der Waals surface area contributed by atoms with Crippen LogP contribution in [0.15, 0.2) is 41.8 Å². The van der Waals surface area contributed by atoms with Crippen LogP contribution in [0.5, 0.6) is 5.75 Å². The van der Waals surface area contributed by atoms with E-state index in [-0.39, 0.29) is 12.5 Å². The number of esters is 1. The lowest BCUT2D eigenvalue weighted by molar-refractivity contribution is -0.148. The van der Waals surface area contributed by atoms with Crippen molar-refractivity contribution < 1.29 is 23.8 Å². The summed E-state index contributed by atoms with van der Waals surface area (Å²) < 4.78 is 15.9. The Bertz CT molecular complexity index is 715. The molecular weight excluding hydrogens is 378 g/mol. The van der Waals surface area contributed by atoms with Crippen molar-refractivity contribution in [2.24, 2.45) is 0 Å². The molecule has 1 aromatic carbocycles. The highest BCUT2D eigenvalue weighted by atomic mass is 32.1. The predicted octanol–water partition coefficient (Wildman–Crippen LogP) is 3.17. The maximum atomic E-state index is 12.5. The molecule has 0 spiro atoms. The van der Waals surface area contributed by atoms with Gasteiger partial charge < -0.3 is 19.5 Å². The number of carbonyl (C=O) groups excluding carboxylic acids is 2. The Morgan fingerprint density at radius 2 is 1.86 bits per heavy atom. The number of amides is 1. The molecule has 0 aliphatic heterocycles. The van der Waals surface area contributed by atoms with E-state index in [1.807, 2.05) is 42.6 Å². The molecule has 2 rings (SSSR count). The van der Waals surface area contributed by atoms with Gasteiger partial charge in [0.15, 0.2) is 5.92 Å². The molecule has 152 valence electrons. The summed E-state index contributed by atoms with van der Waals surface area (Å²) in [7, 11) is 0. The van der Waals surface area contributed by atoms with Crippen molar-refractivity contribution in [3.63, 3.8) is 0 Å². The molecule has 28 heavy (non-hydrogen) atoms. The standard InChI is InChI=1S/C21H27NO5S/c1-3-25-13-14-27-17-9-7-16(8-10-17)11-12-22-20(23)19(21(24)26-4-2)18-6-5-15-28-18/h5-10,15,19H,3-4,11-14H2,1-2H3,(H,22,23). The molecule has 1 amide bonds. The van der Waals surface area contributed by atoms with E-state index in [2.05, 4.69) is 5.32 Å². The maximum absolute atomic E-state index is 12.5. The summed E-state index contributed by atoms with van der Waals surface area (Å²) in [5.74, 6) is -0.985. The van der Waals surface area contributed by atoms with Crippen LogP contribution in [0.3, 0.4) is 0 Å². The van der Waals surface area contributed by atoms with Gasteiger partial charge in [0.25, 0.3) is 0 Å². The van der Waals surface area contributed by atoms with Gasteiger partial charge in [0.2, 0.25) is 5.91 Å². The predicted molar refractivity (Wildman–Crippen MR) is 109 cm³/mol. The van der Waals surface area contributed by atoms with Gasteiger partial charge in [-0.2, -0.15) is 0 Å². The van der Waals surface area contributed by atoms with Gasteiger partial charge in [0.05, 0.1) is 13.2 Å². The average molecular weight is 406 g/mol. The van der Waals surface area contributed by atoms with Crippen molar-refractivity contribution in [2.45, 2.75) is 26.2 Å². The molecule has 0 bridgehead atoms. The monoisotopic (exact) mass is 405 g/mol. The molecule has 1 atom stereocenters. The summed E-state index contributed by atoms with van der Waals surface area (Å²) >= 11 is 1.37. The van der Waals surface area contributed by atoms with Gasteiger partial charge in [-0.1, -0.05) is 18.2 Å². The van der Waals surface area contributed by atoms with Crippen LogP contribution >= 0.6 is 11.3 Å². The number of ether oxygens (including phenoxy) is 3. The fourth-order valence-corrected chi connectivity index (χ4v) is 3.39. The van der Waals surface area contributed by atoms with Gasteiger partial charge in [0, 0.05) is 18.0 Å². The first-order chi connectivity index (χ1) is 13.7. The minimum Gasteiger partial charge on any atom is -0.491 e. The Morgan fingerprint density at radius 1 is 1.07 bits per heavy atom. The van der Waals surface area contributed by atoms with Crippen LogP contribution in [0.1, 0.15) is 30.2 Å². The van der Waals surface area contributed by atoms with Crippen molar-refractivity contribution in [1.82, 2.24) is 5.32 Å². The van der Waals surface area contributed by atoms with Crippen LogP contribution in [0.4, 0.5) is 0 Å². The lowest BCUT2D eigenvalue weighted by Gasteiger charge is -2.14. The molecule has 0 radical (unpaired) electrons. The zero-order valence-corrected chi connectivity index (χ0v) is 17.1. The highest BCUT2D eigenvalue weighted by molar-refractivity contribution is 7.10. The van der Waals surface area contributed by atoms with Gasteiger partial charge >= 0.3 is 5.97 Å². The smallest absolute Gasteiger partial charge is 0.323 e. The molecule has 7 heteroatoms. The Hall–Kier alpha value is -2.38. The number of hydrogen-bond donors (Lipinski definition) is 1. The van der Waals surface area contributed by atoms with Crippen LogP contribution in [0, 0.1) is 0 Å². The topological polar surface area (TPSA) is 73.9 Å². The largest absolute Gasteiger partial charge is 0.491 e. The minimum absolute atomic E-state index is 0.243. The quantitative estimate of drug-likeness (QED) is 0.334. The second-order valence-corrected chi connectivity index (χ2v) is 6.91. The zero-order valence-electron chi connectivity index (χ0n) is 16.3. The van der Waals surface area contributed by atoms with Crippen LogP contribution in [-0.2, 0) is 25.5 Å². The first kappa shape index (κ1) is 21.9. The summed E-state index contributed by atoms with van der Waals surface area (Å²) in [4.78, 5) is 25.4. The van der Waals surface area contributed by atoms with E-state index >= 15 is 0 Å². The van der Waals surface area contributed by atoms with E-state index in [0.717, 1.165) is 11.3 Å². The Morgan fingerprint density at radius 3 is 2.50 bits per heavy atom. The number of benzene rings is 1. The van der Waals surface area contributed by atoms with E-state index in [1.165, 1.54) is 11.3 Å². The molecule has 0 saturated carbocycles. The normalized spacial score (nSPS) is 11.6. The fourth-order valence-electron chi connectivity index (χ4n) is 2.58. The number of nitrogens with one attached hydrogen (secondary N) is 1. The summed E-state index contributed by atoms with van der Waals surface area (Å²) in [6.45, 7) is 6.11. The lowest BCUT2D eigenvalue weighted by atomic mass is 10.1. The Kier molecular flexibility index (Phi) is 9.51. The van der Waals surface area contributed by atoms with Crippen molar-refractivity contribution in [3.8, 4) is 5.75 Å². The number of carbonyl (C=O) groups is 2. The zero-order chi connectivity index (χ0) is 20.2. The van der Waals surface area contributed by atoms with Gasteiger partial charge in [0.1, 0.15) is 12.4 Å². The Labute approximate surface area is 169 Å². The molecule has 0 fully saturated rings. The Balaban J connectivity index is 1.82. The van der Waals surface area contributed by atoms with Crippen LogP contribution in [0.25, 0.3) is 0 Å². The summed E-state index contributed by atoms with van der Waals surface area (Å²) in [6.07, 6.45) is 0.658. The second-order valence-electron chi connectivity index (χ2n) is 5.93. The fraction of sp³-hybridized carbons (Fsp3) is 0.429. The third-order valence-electron chi connectivity index (χ3n) is 3.95. The van der Waals surface area contributed by atoms with Crippen LogP contribution < -0.4 is 10.1 Å². The number of rotatable bonds is 12. The summed E-state index contributed by atoms with van der Waals surface area (Å²) in [5, 5.41) is 4.68. The van der Waals surface area contributed by atoms with E-state index in [1.54, 1.807) is 13.0 Å². The van der Waals surface area contributed by atoms with E-state index < -0.39 is 11.9 Å². The van der Waals surface area contributed by atoms with E-state index in [4.69, 9.17) is 14.2 Å². The maximum Gasteiger partial charge on any atom is 0.323 e. The first-order valence-electron chi connectivity index (χ1n) is 9.43. The molecule has 0 saturated heterocycles. The SMILES string of the molecule is CCOCCOc1ccc(CCNC(=O)C(C(=O)OCC)c2cccs2)cc1. The van der Waals surface area contributed by atoms with Crippen LogP contribution in [-0.4, -0.2) is 44.8 Å². The van der Waals surface area contributed by atoms with Crippen LogP contribution in [0.2, 0.25) is 0 Å². The molecule has 0 aliphatic rings. The average Bonchev–Trinajstić information content (AvgIpc) is 3.21. The first-order valence-corrected chi connectivity index (χ1v) is 10.3. The molecule has 1 aromatic heterocycles. The third-order valence-corrected chi connectivity index (χ3v) is 4.89. The van der Waals surface area contributed by atoms with Gasteiger partial charge in [-0.25, -0.2) is 0 Å². The van der Waals surface area contributed by atoms with Crippen molar-refractivity contribution in [1.29, 1.82) is 0 Å². The van der Waals surface area contributed by atoms with Gasteiger partial charge in [-0.15, -0.1) is 11.3 Å². The number of thiophene rings is 1. The number of hydrogen-bond acceptors (Lipinski definition) is 6. The molecule has 6 nitrogen and oxygen atoms in total. The second kappa shape index (κ2) is 12.2. The lowest BCUT2D eigenvalue weighted by Crippen LogP contribution is -2.35. The molecule has 2 aromatic rings. The van der Waals surface area contributed by atoms with Gasteiger partial charge in [-0.3, -0.25) is 9.59 Å². The summed E-state index contributed by atoms with van der Waals surface area (Å²) in [6, 6.07) is 11.3. The van der Waals surface area contributed by atoms with E-state index in [0.29, 0.717) is 37.7 Å². The molecular formula is C21H27NO5S. The van der Waals surface area contributed by atoms with Gasteiger partial charge in [-0.05, 0) is 49.4 Å². The highest BCUT2D eigenvalue weighted by Gasteiger charge is 2.30. The minimum atomic E-state index is -0.916. The summed E-state index contributed by atoms with van der Waals surface area (Å²) in [5.41, 5.74) is 1.07. The molecule has 1 unspecified atom stereocenters.